The van der Waals surface area contributed by atoms with Crippen LogP contribution in [0, 0.1) is 0 Å². The number of fused-ring (bicyclic) bond motifs is 1. The number of amides is 2. The Bertz CT molecular complexity index is 641. The Morgan fingerprint density at radius 2 is 2.25 bits per heavy atom. The number of pyridine rings is 1. The lowest BCUT2D eigenvalue weighted by molar-refractivity contribution is -0.122. The fraction of sp³-hybridized carbons (Fsp3) is 0.250. The summed E-state index contributed by atoms with van der Waals surface area (Å²) in [6, 6.07) is 3.65. The molecule has 0 radical (unpaired) electrons. The van der Waals surface area contributed by atoms with E-state index in [1.807, 2.05) is 6.07 Å². The molecule has 2 aromatic rings. The molecule has 2 amide bonds. The van der Waals surface area contributed by atoms with Crippen molar-refractivity contribution in [1.29, 1.82) is 0 Å². The maximum Gasteiger partial charge on any atom is 0.263 e. The third-order valence-electron chi connectivity index (χ3n) is 2.46. The standard InChI is InChI=1S/C12H14N4O3S/c13-8(17)6-19-5-4-16-12(18)11-9(14)10-7(20-11)2-1-3-15-10/h1-3H,4-6,14H2,(H2,13,17)(H,16,18). The van der Waals surface area contributed by atoms with Crippen LogP contribution < -0.4 is 16.8 Å². The van der Waals surface area contributed by atoms with Gasteiger partial charge in [-0.2, -0.15) is 0 Å². The summed E-state index contributed by atoms with van der Waals surface area (Å²) in [5.41, 5.74) is 11.8. The molecule has 2 rings (SSSR count). The van der Waals surface area contributed by atoms with Crippen molar-refractivity contribution in [3.05, 3.63) is 23.2 Å². The number of aromatic nitrogens is 1. The fourth-order valence-electron chi connectivity index (χ4n) is 1.61. The van der Waals surface area contributed by atoms with E-state index in [-0.39, 0.29) is 25.7 Å². The maximum atomic E-state index is 12.0. The number of nitrogens with two attached hydrogens (primary N) is 2. The molecule has 0 saturated heterocycles. The van der Waals surface area contributed by atoms with E-state index in [1.165, 1.54) is 11.3 Å². The first-order valence-corrected chi connectivity index (χ1v) is 6.68. The first-order chi connectivity index (χ1) is 9.59. The highest BCUT2D eigenvalue weighted by atomic mass is 32.1. The lowest BCUT2D eigenvalue weighted by Gasteiger charge is -2.04. The molecule has 0 aliphatic heterocycles. The molecule has 0 unspecified atom stereocenters. The Morgan fingerprint density at radius 1 is 1.45 bits per heavy atom. The van der Waals surface area contributed by atoms with E-state index in [0.717, 1.165) is 4.70 Å². The zero-order chi connectivity index (χ0) is 14.5. The number of ether oxygens (including phenoxy) is 1. The van der Waals surface area contributed by atoms with Crippen LogP contribution in [0.2, 0.25) is 0 Å². The molecular formula is C12H14N4O3S. The van der Waals surface area contributed by atoms with E-state index in [0.29, 0.717) is 16.1 Å². The molecule has 0 atom stereocenters. The van der Waals surface area contributed by atoms with Crippen LogP contribution in [0.5, 0.6) is 0 Å². The van der Waals surface area contributed by atoms with Gasteiger partial charge in [0, 0.05) is 12.7 Å². The summed E-state index contributed by atoms with van der Waals surface area (Å²) in [4.78, 5) is 27.0. The molecule has 20 heavy (non-hydrogen) atoms. The quantitative estimate of drug-likeness (QED) is 0.653. The van der Waals surface area contributed by atoms with Gasteiger partial charge in [-0.1, -0.05) is 0 Å². The van der Waals surface area contributed by atoms with Crippen molar-refractivity contribution in [3.63, 3.8) is 0 Å². The molecule has 0 spiro atoms. The summed E-state index contributed by atoms with van der Waals surface area (Å²) in [5, 5.41) is 2.66. The molecule has 2 aromatic heterocycles. The van der Waals surface area contributed by atoms with E-state index in [9.17, 15) is 9.59 Å². The van der Waals surface area contributed by atoms with Crippen LogP contribution in [0.25, 0.3) is 10.2 Å². The van der Waals surface area contributed by atoms with Crippen LogP contribution in [-0.4, -0.2) is 36.6 Å². The molecule has 0 aliphatic rings. The van der Waals surface area contributed by atoms with Gasteiger partial charge in [0.1, 0.15) is 17.0 Å². The van der Waals surface area contributed by atoms with Crippen molar-refractivity contribution >= 4 is 39.1 Å². The SMILES string of the molecule is NC(=O)COCCNC(=O)c1sc2cccnc2c1N. The molecule has 5 N–H and O–H groups in total. The van der Waals surface area contributed by atoms with Crippen LogP contribution in [0.1, 0.15) is 9.67 Å². The van der Waals surface area contributed by atoms with Gasteiger partial charge in [-0.15, -0.1) is 11.3 Å². The number of rotatable bonds is 6. The highest BCUT2D eigenvalue weighted by Crippen LogP contribution is 2.31. The van der Waals surface area contributed by atoms with Crippen molar-refractivity contribution in [3.8, 4) is 0 Å². The number of primary amides is 1. The average Bonchev–Trinajstić information content (AvgIpc) is 2.76. The van der Waals surface area contributed by atoms with Crippen LogP contribution in [0.15, 0.2) is 18.3 Å². The lowest BCUT2D eigenvalue weighted by atomic mass is 10.3. The molecule has 106 valence electrons. The summed E-state index contributed by atoms with van der Waals surface area (Å²) in [5.74, 6) is -0.829. The van der Waals surface area contributed by atoms with Gasteiger partial charge in [-0.05, 0) is 12.1 Å². The number of nitrogen functional groups attached to an aromatic ring is 1. The molecule has 0 aliphatic carbocycles. The summed E-state index contributed by atoms with van der Waals surface area (Å²) in [7, 11) is 0. The number of hydrogen-bond acceptors (Lipinski definition) is 6. The van der Waals surface area contributed by atoms with Crippen molar-refractivity contribution < 1.29 is 14.3 Å². The zero-order valence-electron chi connectivity index (χ0n) is 10.6. The fourth-order valence-corrected chi connectivity index (χ4v) is 2.60. The van der Waals surface area contributed by atoms with E-state index < -0.39 is 5.91 Å². The van der Waals surface area contributed by atoms with Gasteiger partial charge in [-0.25, -0.2) is 0 Å². The second kappa shape index (κ2) is 6.31. The second-order valence-corrected chi connectivity index (χ2v) is 5.02. The van der Waals surface area contributed by atoms with E-state index >= 15 is 0 Å². The van der Waals surface area contributed by atoms with Gasteiger partial charge in [0.25, 0.3) is 5.91 Å². The van der Waals surface area contributed by atoms with Gasteiger partial charge in [0.2, 0.25) is 5.91 Å². The Balaban J connectivity index is 1.94. The Morgan fingerprint density at radius 3 is 2.95 bits per heavy atom. The molecule has 0 bridgehead atoms. The molecule has 8 heteroatoms. The van der Waals surface area contributed by atoms with E-state index in [4.69, 9.17) is 16.2 Å². The number of anilines is 1. The van der Waals surface area contributed by atoms with Crippen LogP contribution in [0.3, 0.4) is 0 Å². The summed E-state index contributed by atoms with van der Waals surface area (Å²) in [6.07, 6.45) is 1.63. The highest BCUT2D eigenvalue weighted by Gasteiger charge is 2.16. The van der Waals surface area contributed by atoms with Gasteiger partial charge in [0.05, 0.1) is 17.0 Å². The minimum Gasteiger partial charge on any atom is -0.396 e. The Kier molecular flexibility index (Phi) is 4.49. The average molecular weight is 294 g/mol. The molecule has 0 fully saturated rings. The van der Waals surface area contributed by atoms with Crippen molar-refractivity contribution in [2.75, 3.05) is 25.5 Å². The zero-order valence-corrected chi connectivity index (χ0v) is 11.4. The van der Waals surface area contributed by atoms with Crippen molar-refractivity contribution in [1.82, 2.24) is 10.3 Å². The highest BCUT2D eigenvalue weighted by molar-refractivity contribution is 7.21. The minimum atomic E-state index is -0.545. The number of thiophene rings is 1. The third-order valence-corrected chi connectivity index (χ3v) is 3.62. The predicted molar refractivity (Wildman–Crippen MR) is 76.4 cm³/mol. The number of carbonyl (C=O) groups is 2. The molecule has 2 heterocycles. The lowest BCUT2D eigenvalue weighted by Crippen LogP contribution is -2.28. The number of nitrogens with zero attached hydrogens (tertiary/aromatic N) is 1. The summed E-state index contributed by atoms with van der Waals surface area (Å²) >= 11 is 1.29. The topological polar surface area (TPSA) is 120 Å². The molecule has 0 saturated carbocycles. The van der Waals surface area contributed by atoms with Crippen molar-refractivity contribution in [2.24, 2.45) is 5.73 Å². The molecule has 7 nitrogen and oxygen atoms in total. The maximum absolute atomic E-state index is 12.0. The Labute approximate surface area is 118 Å². The van der Waals surface area contributed by atoms with Gasteiger partial charge in [-0.3, -0.25) is 14.6 Å². The largest absolute Gasteiger partial charge is 0.396 e. The molecule has 0 aromatic carbocycles. The second-order valence-electron chi connectivity index (χ2n) is 3.97. The number of hydrogen-bond donors (Lipinski definition) is 3. The number of nitrogens with one attached hydrogen (secondary N) is 1. The summed E-state index contributed by atoms with van der Waals surface area (Å²) in [6.45, 7) is 0.315. The van der Waals surface area contributed by atoms with Crippen LogP contribution >= 0.6 is 11.3 Å². The normalized spacial score (nSPS) is 10.6. The van der Waals surface area contributed by atoms with Gasteiger partial charge < -0.3 is 21.5 Å². The minimum absolute atomic E-state index is 0.162. The summed E-state index contributed by atoms with van der Waals surface area (Å²) < 4.78 is 5.80. The molecular weight excluding hydrogens is 280 g/mol. The van der Waals surface area contributed by atoms with Crippen LogP contribution in [0.4, 0.5) is 5.69 Å². The number of carbonyl (C=O) groups excluding carboxylic acids is 2. The monoisotopic (exact) mass is 294 g/mol. The first kappa shape index (κ1) is 14.2. The van der Waals surface area contributed by atoms with Gasteiger partial charge >= 0.3 is 0 Å². The predicted octanol–water partition coefficient (Wildman–Crippen LogP) is 0.110. The smallest absolute Gasteiger partial charge is 0.263 e. The van der Waals surface area contributed by atoms with Gasteiger partial charge in [0.15, 0.2) is 0 Å². The van der Waals surface area contributed by atoms with E-state index in [1.54, 1.807) is 12.3 Å². The van der Waals surface area contributed by atoms with Crippen LogP contribution in [-0.2, 0) is 9.53 Å². The van der Waals surface area contributed by atoms with Crippen molar-refractivity contribution in [2.45, 2.75) is 0 Å². The Hall–Kier alpha value is -2.19. The first-order valence-electron chi connectivity index (χ1n) is 5.87. The third kappa shape index (κ3) is 3.22. The van der Waals surface area contributed by atoms with E-state index in [2.05, 4.69) is 10.3 Å².